The van der Waals surface area contributed by atoms with Gasteiger partial charge in [-0.2, -0.15) is 0 Å². The van der Waals surface area contributed by atoms with Crippen molar-refractivity contribution in [3.63, 3.8) is 0 Å². The van der Waals surface area contributed by atoms with Gasteiger partial charge in [0.1, 0.15) is 0 Å². The average molecular weight is 189 g/mol. The van der Waals surface area contributed by atoms with Crippen LogP contribution < -0.4 is 56.7 Å². The fourth-order valence-corrected chi connectivity index (χ4v) is 0.474. The van der Waals surface area contributed by atoms with Crippen molar-refractivity contribution < 1.29 is 56.5 Å². The van der Waals surface area contributed by atoms with Crippen molar-refractivity contribution in [2.75, 3.05) is 13.2 Å². The van der Waals surface area contributed by atoms with Gasteiger partial charge in [-0.25, -0.2) is 0 Å². The smallest absolute Gasteiger partial charge is 0.412 e. The number of nitrogens with one attached hydrogen (secondary N) is 1. The molecule has 0 saturated heterocycles. The van der Waals surface area contributed by atoms with Gasteiger partial charge in [0.25, 0.3) is 0 Å². The molecule has 0 fully saturated rings. The van der Waals surface area contributed by atoms with E-state index in [9.17, 15) is 0 Å². The molecule has 9 heavy (non-hydrogen) atoms. The second kappa shape index (κ2) is 9.71. The van der Waals surface area contributed by atoms with E-state index >= 15 is 0 Å². The van der Waals surface area contributed by atoms with E-state index in [0.717, 1.165) is 0 Å². The second-order valence-corrected chi connectivity index (χ2v) is 2.37. The summed E-state index contributed by atoms with van der Waals surface area (Å²) in [5.74, 6) is 0. The van der Waals surface area contributed by atoms with Gasteiger partial charge < -0.3 is 35.3 Å². The van der Waals surface area contributed by atoms with Crippen LogP contribution in [0.1, 0.15) is 6.42 Å². The normalized spacial score (nSPS) is 7.67. The molecule has 2 nitrogen and oxygen atoms in total. The number of thiocarbonyl (C=S) groups is 1. The van der Waals surface area contributed by atoms with Crippen LogP contribution >= 0.6 is 12.2 Å². The standard InChI is InChI=1S/C4H9NOS2.K/c6-3-1-2-5-4(7)8;/h6H,1-3H2,(H2,5,7,8);/q;+1/p-1. The maximum atomic E-state index is 8.26. The van der Waals surface area contributed by atoms with Gasteiger partial charge in [0.15, 0.2) is 0 Å². The Kier molecular flexibility index (Phi) is 14.4. The van der Waals surface area contributed by atoms with E-state index < -0.39 is 0 Å². The summed E-state index contributed by atoms with van der Waals surface area (Å²) < 4.78 is 0.374. The molecule has 0 radical (unpaired) electrons. The molecule has 0 aromatic carbocycles. The number of hydrogen-bond acceptors (Lipinski definition) is 3. The van der Waals surface area contributed by atoms with Crippen LogP contribution in [0.3, 0.4) is 0 Å². The maximum absolute atomic E-state index is 8.26. The summed E-state index contributed by atoms with van der Waals surface area (Å²) in [6, 6.07) is 0. The fraction of sp³-hybridized carbons (Fsp3) is 0.750. The zero-order valence-electron chi connectivity index (χ0n) is 5.39. The van der Waals surface area contributed by atoms with E-state index in [-0.39, 0.29) is 58.0 Å². The van der Waals surface area contributed by atoms with E-state index in [2.05, 4.69) is 30.2 Å². The van der Waals surface area contributed by atoms with Crippen molar-refractivity contribution in [3.05, 3.63) is 0 Å². The van der Waals surface area contributed by atoms with Crippen LogP contribution in [-0.2, 0) is 12.6 Å². The minimum atomic E-state index is 0. The van der Waals surface area contributed by atoms with E-state index in [0.29, 0.717) is 17.3 Å². The number of rotatable bonds is 3. The molecule has 48 valence electrons. The molecule has 0 unspecified atom stereocenters. The molecule has 0 amide bonds. The Morgan fingerprint density at radius 1 is 1.67 bits per heavy atom. The van der Waals surface area contributed by atoms with Crippen LogP contribution in [0.5, 0.6) is 0 Å². The first-order valence-corrected chi connectivity index (χ1v) is 3.14. The molecule has 0 saturated carbocycles. The van der Waals surface area contributed by atoms with Crippen LogP contribution in [0.25, 0.3) is 0 Å². The summed E-state index contributed by atoms with van der Waals surface area (Å²) in [4.78, 5) is 0. The van der Waals surface area contributed by atoms with Crippen molar-refractivity contribution in [1.29, 1.82) is 0 Å². The zero-order chi connectivity index (χ0) is 6.41. The van der Waals surface area contributed by atoms with Crippen LogP contribution in [0.2, 0.25) is 0 Å². The molecule has 0 rings (SSSR count). The summed E-state index contributed by atoms with van der Waals surface area (Å²) in [5, 5.41) is 11.0. The van der Waals surface area contributed by atoms with E-state index in [1.54, 1.807) is 0 Å². The number of hydrogen-bond donors (Lipinski definition) is 2. The predicted molar refractivity (Wildman–Crippen MR) is 39.7 cm³/mol. The molecule has 0 aromatic rings. The molecule has 5 heteroatoms. The molecular weight excluding hydrogens is 181 g/mol. The molecule has 0 bridgehead atoms. The second-order valence-electron chi connectivity index (χ2n) is 1.29. The van der Waals surface area contributed by atoms with E-state index in [1.165, 1.54) is 0 Å². The Balaban J connectivity index is 0. The topological polar surface area (TPSA) is 32.3 Å². The Hall–Kier alpha value is 1.71. The van der Waals surface area contributed by atoms with Crippen molar-refractivity contribution in [3.8, 4) is 0 Å². The van der Waals surface area contributed by atoms with Crippen LogP contribution in [0.15, 0.2) is 0 Å². The monoisotopic (exact) mass is 189 g/mol. The third-order valence-electron chi connectivity index (χ3n) is 0.604. The minimum Gasteiger partial charge on any atom is -0.412 e. The Bertz CT molecular complexity index is 81.0. The summed E-state index contributed by atoms with van der Waals surface area (Å²) in [6.45, 7) is 0.865. The third-order valence-corrected chi connectivity index (χ3v) is 0.893. The average Bonchev–Trinajstić information content (AvgIpc) is 1.66. The Morgan fingerprint density at radius 3 is 2.56 bits per heavy atom. The van der Waals surface area contributed by atoms with Gasteiger partial charge in [0.05, 0.1) is 0 Å². The quantitative estimate of drug-likeness (QED) is 0.212. The van der Waals surface area contributed by atoms with Crippen molar-refractivity contribution in [1.82, 2.24) is 5.32 Å². The SMILES string of the molecule is OCCCNC(=S)[S-].[K+]. The van der Waals surface area contributed by atoms with Crippen LogP contribution in [0, 0.1) is 0 Å². The summed E-state index contributed by atoms with van der Waals surface area (Å²) >= 11 is 9.06. The maximum Gasteiger partial charge on any atom is 1.00 e. The Morgan fingerprint density at radius 2 is 2.22 bits per heavy atom. The molecule has 0 aliphatic rings. The van der Waals surface area contributed by atoms with E-state index in [4.69, 9.17) is 5.11 Å². The van der Waals surface area contributed by atoms with Gasteiger partial charge in [0.2, 0.25) is 0 Å². The van der Waals surface area contributed by atoms with Gasteiger partial charge in [-0.15, -0.1) is 0 Å². The first-order valence-electron chi connectivity index (χ1n) is 2.33. The van der Waals surface area contributed by atoms with Gasteiger partial charge in [-0.05, 0) is 6.42 Å². The molecular formula is C4H8KNOS2. The van der Waals surface area contributed by atoms with Gasteiger partial charge in [-0.3, -0.25) is 0 Å². The third kappa shape index (κ3) is 12.8. The Labute approximate surface area is 109 Å². The van der Waals surface area contributed by atoms with Crippen molar-refractivity contribution in [2.45, 2.75) is 6.42 Å². The number of aliphatic hydroxyl groups excluding tert-OH is 1. The minimum absolute atomic E-state index is 0. The molecule has 2 N–H and O–H groups in total. The first-order chi connectivity index (χ1) is 3.77. The molecule has 0 spiro atoms. The largest absolute Gasteiger partial charge is 1.00 e. The first kappa shape index (κ1) is 13.3. The molecule has 0 aliphatic carbocycles. The predicted octanol–water partition coefficient (Wildman–Crippen LogP) is -3.21. The van der Waals surface area contributed by atoms with Crippen molar-refractivity contribution >= 4 is 29.2 Å². The number of aliphatic hydroxyl groups is 1. The molecule has 0 aromatic heterocycles. The molecule has 0 heterocycles. The van der Waals surface area contributed by atoms with E-state index in [1.807, 2.05) is 0 Å². The summed E-state index contributed by atoms with van der Waals surface area (Å²) in [6.07, 6.45) is 0.705. The van der Waals surface area contributed by atoms with Crippen molar-refractivity contribution in [2.24, 2.45) is 0 Å². The molecule has 0 atom stereocenters. The fourth-order valence-electron chi connectivity index (χ4n) is 0.270. The van der Waals surface area contributed by atoms with Crippen LogP contribution in [-0.4, -0.2) is 22.6 Å². The summed E-state index contributed by atoms with van der Waals surface area (Å²) in [5.41, 5.74) is 0. The summed E-state index contributed by atoms with van der Waals surface area (Å²) in [7, 11) is 0. The van der Waals surface area contributed by atoms with Gasteiger partial charge >= 0.3 is 51.4 Å². The molecule has 0 aliphatic heterocycles. The van der Waals surface area contributed by atoms with Gasteiger partial charge in [0, 0.05) is 13.2 Å². The van der Waals surface area contributed by atoms with Crippen LogP contribution in [0.4, 0.5) is 0 Å². The van der Waals surface area contributed by atoms with Gasteiger partial charge in [-0.1, -0.05) is 4.32 Å². The zero-order valence-corrected chi connectivity index (χ0v) is 10.1.